The number of hydrogen-bond donors (Lipinski definition) is 0. The highest BCUT2D eigenvalue weighted by molar-refractivity contribution is 6.36. The molecule has 2 saturated heterocycles. The largest absolute Gasteiger partial charge is 0.352 e. The molecule has 0 unspecified atom stereocenters. The summed E-state index contributed by atoms with van der Waals surface area (Å²) in [6.45, 7) is 0. The lowest BCUT2D eigenvalue weighted by Gasteiger charge is -2.36. The van der Waals surface area contributed by atoms with Crippen LogP contribution < -0.4 is 9.80 Å². The smallest absolute Gasteiger partial charge is 0.270 e. The number of anilines is 2. The minimum absolute atomic E-state index is 0.0927. The minimum Gasteiger partial charge on any atom is -0.352 e. The van der Waals surface area contributed by atoms with Gasteiger partial charge in [-0.05, 0) is 29.8 Å². The fourth-order valence-electron chi connectivity index (χ4n) is 5.68. The van der Waals surface area contributed by atoms with Gasteiger partial charge in [0.15, 0.2) is 5.78 Å². The van der Waals surface area contributed by atoms with Crippen LogP contribution in [0.5, 0.6) is 0 Å². The summed E-state index contributed by atoms with van der Waals surface area (Å²) in [6.07, 6.45) is 3.71. The molecule has 184 valence electrons. The zero-order valence-corrected chi connectivity index (χ0v) is 20.5. The highest BCUT2D eigenvalue weighted by Crippen LogP contribution is 2.50. The summed E-state index contributed by atoms with van der Waals surface area (Å²) in [7, 11) is 0. The van der Waals surface area contributed by atoms with E-state index in [2.05, 4.69) is 0 Å². The number of ketones is 1. The molecule has 6 rings (SSSR count). The van der Waals surface area contributed by atoms with Crippen LogP contribution in [0, 0.1) is 22.0 Å². The van der Waals surface area contributed by atoms with Crippen LogP contribution in [0.15, 0.2) is 72.8 Å². The molecule has 3 heterocycles. The normalized spacial score (nSPS) is 23.6. The van der Waals surface area contributed by atoms with Crippen molar-refractivity contribution in [3.05, 3.63) is 104 Å². The predicted octanol–water partition coefficient (Wildman–Crippen LogP) is 5.17. The maximum absolute atomic E-state index is 14.0. The van der Waals surface area contributed by atoms with Gasteiger partial charge in [0.2, 0.25) is 11.8 Å². The first kappa shape index (κ1) is 23.4. The topological polar surface area (TPSA) is 101 Å². The maximum Gasteiger partial charge on any atom is 0.270 e. The summed E-state index contributed by atoms with van der Waals surface area (Å²) in [5.41, 5.74) is 1.64. The van der Waals surface area contributed by atoms with E-state index in [9.17, 15) is 24.5 Å². The Morgan fingerprint density at radius 1 is 0.892 bits per heavy atom. The van der Waals surface area contributed by atoms with Crippen LogP contribution >= 0.6 is 23.2 Å². The van der Waals surface area contributed by atoms with Gasteiger partial charge in [0.05, 0.1) is 28.5 Å². The summed E-state index contributed by atoms with van der Waals surface area (Å²) in [6, 6.07) is 15.6. The lowest BCUT2D eigenvalue weighted by Crippen LogP contribution is -2.48. The number of nitrogens with zero attached hydrogens (tertiary/aromatic N) is 3. The molecule has 10 heteroatoms. The third-order valence-electron chi connectivity index (χ3n) is 7.13. The number of amides is 2. The van der Waals surface area contributed by atoms with Crippen LogP contribution in [0.1, 0.15) is 15.9 Å². The number of non-ortho nitro benzene ring substituents is 1. The first-order valence-corrected chi connectivity index (χ1v) is 12.2. The number of hydrogen-bond acceptors (Lipinski definition) is 6. The molecule has 0 spiro atoms. The Morgan fingerprint density at radius 2 is 1.59 bits per heavy atom. The average Bonchev–Trinajstić information content (AvgIpc) is 3.35. The van der Waals surface area contributed by atoms with E-state index in [1.807, 2.05) is 41.3 Å². The molecule has 0 bridgehead atoms. The van der Waals surface area contributed by atoms with Crippen molar-refractivity contribution in [2.45, 2.75) is 12.1 Å². The molecule has 0 aromatic heterocycles. The van der Waals surface area contributed by atoms with Gasteiger partial charge in [-0.1, -0.05) is 65.7 Å². The molecule has 0 saturated carbocycles. The molecule has 37 heavy (non-hydrogen) atoms. The fraction of sp³-hybridized carbons (Fsp3) is 0.148. The zero-order chi connectivity index (χ0) is 26.0. The summed E-state index contributed by atoms with van der Waals surface area (Å²) in [5.74, 6) is -3.34. The summed E-state index contributed by atoms with van der Waals surface area (Å²) < 4.78 is 0. The number of carbonyl (C=O) groups excluding carboxylic acids is 3. The molecular weight excluding hydrogens is 517 g/mol. The molecule has 0 N–H and O–H groups in total. The number of rotatable bonds is 4. The van der Waals surface area contributed by atoms with Gasteiger partial charge >= 0.3 is 0 Å². The number of benzene rings is 3. The standard InChI is InChI=1S/C27H17Cl2N3O5/c28-16-11-17(29)13-19(12-16)30-26(34)22-21-9-8-14-4-1-2-7-20(14)31(21)24(23(22)27(30)35)25(33)15-5-3-6-18(10-15)32(36)37/h1-13,21-24H/t21-,22-,23+,24-/m0/s1. The fourth-order valence-corrected chi connectivity index (χ4v) is 6.19. The Kier molecular flexibility index (Phi) is 5.40. The van der Waals surface area contributed by atoms with Gasteiger partial charge in [-0.15, -0.1) is 0 Å². The molecule has 3 aliphatic rings. The van der Waals surface area contributed by atoms with E-state index in [0.717, 1.165) is 10.5 Å². The molecular formula is C27H17Cl2N3O5. The van der Waals surface area contributed by atoms with Gasteiger partial charge in [0.25, 0.3) is 5.69 Å². The molecule has 2 amide bonds. The van der Waals surface area contributed by atoms with Crippen molar-refractivity contribution in [3.63, 3.8) is 0 Å². The molecule has 3 aliphatic heterocycles. The molecule has 0 radical (unpaired) electrons. The van der Waals surface area contributed by atoms with Crippen LogP contribution in [0.4, 0.5) is 17.1 Å². The molecule has 3 aromatic carbocycles. The molecule has 0 aliphatic carbocycles. The highest BCUT2D eigenvalue weighted by Gasteiger charge is 2.64. The van der Waals surface area contributed by atoms with E-state index in [-0.39, 0.29) is 27.0 Å². The van der Waals surface area contributed by atoms with Gasteiger partial charge in [-0.2, -0.15) is 0 Å². The van der Waals surface area contributed by atoms with E-state index in [1.54, 1.807) is 0 Å². The molecule has 2 fully saturated rings. The lowest BCUT2D eigenvalue weighted by atomic mass is 9.86. The molecule has 3 aromatic rings. The van der Waals surface area contributed by atoms with E-state index in [4.69, 9.17) is 23.2 Å². The minimum atomic E-state index is -1.06. The van der Waals surface area contributed by atoms with Gasteiger partial charge in [-0.25, -0.2) is 4.90 Å². The zero-order valence-electron chi connectivity index (χ0n) is 19.0. The third-order valence-corrected chi connectivity index (χ3v) is 7.57. The number of halogens is 2. The van der Waals surface area contributed by atoms with Crippen LogP contribution in [0.25, 0.3) is 6.08 Å². The monoisotopic (exact) mass is 533 g/mol. The van der Waals surface area contributed by atoms with Crippen LogP contribution in [0.2, 0.25) is 10.0 Å². The van der Waals surface area contributed by atoms with Gasteiger partial charge in [0, 0.05) is 33.4 Å². The average molecular weight is 534 g/mol. The van der Waals surface area contributed by atoms with Crippen LogP contribution in [0.3, 0.4) is 0 Å². The second kappa shape index (κ2) is 8.54. The second-order valence-corrected chi connectivity index (χ2v) is 10.00. The number of imide groups is 1. The van der Waals surface area contributed by atoms with Crippen molar-refractivity contribution in [1.82, 2.24) is 0 Å². The third kappa shape index (κ3) is 3.55. The second-order valence-electron chi connectivity index (χ2n) is 9.12. The lowest BCUT2D eigenvalue weighted by molar-refractivity contribution is -0.384. The van der Waals surface area contributed by atoms with Crippen molar-refractivity contribution >= 4 is 63.9 Å². The van der Waals surface area contributed by atoms with Crippen molar-refractivity contribution in [2.24, 2.45) is 11.8 Å². The van der Waals surface area contributed by atoms with E-state index >= 15 is 0 Å². The van der Waals surface area contributed by atoms with E-state index < -0.39 is 46.4 Å². The maximum atomic E-state index is 14.0. The number of nitro groups is 1. The number of nitro benzene ring substituents is 1. The first-order chi connectivity index (χ1) is 17.8. The Balaban J connectivity index is 1.50. The quantitative estimate of drug-likeness (QED) is 0.198. The van der Waals surface area contributed by atoms with Gasteiger partial charge in [-0.3, -0.25) is 24.5 Å². The van der Waals surface area contributed by atoms with E-state index in [1.165, 1.54) is 42.5 Å². The molecule has 4 atom stereocenters. The number of carbonyl (C=O) groups is 3. The molecule has 8 nitrogen and oxygen atoms in total. The SMILES string of the molecule is O=C(c1cccc([N+](=O)[O-])c1)[C@@H]1[C@@H]2C(=O)N(c3cc(Cl)cc(Cl)c3)C(=O)[C@H]2[C@@H]2C=Cc3ccccc3N12. The highest BCUT2D eigenvalue weighted by atomic mass is 35.5. The van der Waals surface area contributed by atoms with Crippen LogP contribution in [-0.4, -0.2) is 34.6 Å². The number of fused-ring (bicyclic) bond motifs is 5. The Bertz CT molecular complexity index is 1530. The van der Waals surface area contributed by atoms with E-state index in [0.29, 0.717) is 5.69 Å². The van der Waals surface area contributed by atoms with Gasteiger partial charge < -0.3 is 4.90 Å². The number of Topliss-reactive ketones (excluding diaryl/α,β-unsaturated/α-hetero) is 1. The van der Waals surface area contributed by atoms with Crippen LogP contribution in [-0.2, 0) is 9.59 Å². The van der Waals surface area contributed by atoms with Gasteiger partial charge in [0.1, 0.15) is 6.04 Å². The van der Waals surface area contributed by atoms with Crippen molar-refractivity contribution in [1.29, 1.82) is 0 Å². The first-order valence-electron chi connectivity index (χ1n) is 11.4. The Hall–Kier alpha value is -4.01. The van der Waals surface area contributed by atoms with Crippen molar-refractivity contribution < 1.29 is 19.3 Å². The summed E-state index contributed by atoms with van der Waals surface area (Å²) >= 11 is 12.3. The summed E-state index contributed by atoms with van der Waals surface area (Å²) in [5, 5.41) is 11.9. The van der Waals surface area contributed by atoms with Crippen molar-refractivity contribution in [2.75, 3.05) is 9.80 Å². The van der Waals surface area contributed by atoms with Crippen molar-refractivity contribution in [3.8, 4) is 0 Å². The Labute approximate surface area is 220 Å². The Morgan fingerprint density at radius 3 is 2.32 bits per heavy atom. The number of para-hydroxylation sites is 1. The predicted molar refractivity (Wildman–Crippen MR) is 139 cm³/mol. The summed E-state index contributed by atoms with van der Waals surface area (Å²) in [4.78, 5) is 55.4.